The van der Waals surface area contributed by atoms with Crippen LogP contribution < -0.4 is 5.32 Å². The van der Waals surface area contributed by atoms with Gasteiger partial charge in [-0.1, -0.05) is 12.1 Å². The summed E-state index contributed by atoms with van der Waals surface area (Å²) in [6, 6.07) is 6.11. The first-order chi connectivity index (χ1) is 10.5. The van der Waals surface area contributed by atoms with Crippen LogP contribution in [0.3, 0.4) is 0 Å². The zero-order valence-electron chi connectivity index (χ0n) is 14.4. The Morgan fingerprint density at radius 3 is 2.59 bits per heavy atom. The minimum Gasteiger partial charge on any atom is -0.310 e. The predicted molar refractivity (Wildman–Crippen MR) is 90.3 cm³/mol. The Balaban J connectivity index is 1.84. The van der Waals surface area contributed by atoms with Gasteiger partial charge in [0.15, 0.2) is 0 Å². The molecule has 1 aliphatic heterocycles. The van der Waals surface area contributed by atoms with Crippen LogP contribution in [0, 0.1) is 11.7 Å². The molecular weight excluding hydrogens is 277 g/mol. The third kappa shape index (κ3) is 5.04. The van der Waals surface area contributed by atoms with Gasteiger partial charge in [-0.25, -0.2) is 4.39 Å². The molecule has 0 amide bonds. The molecule has 0 radical (unpaired) electrons. The average Bonchev–Trinajstić information content (AvgIpc) is 2.47. The van der Waals surface area contributed by atoms with Crippen molar-refractivity contribution in [3.05, 3.63) is 35.1 Å². The summed E-state index contributed by atoms with van der Waals surface area (Å²) in [5.74, 6) is 0.633. The number of rotatable bonds is 6. The van der Waals surface area contributed by atoms with Crippen molar-refractivity contribution in [3.8, 4) is 0 Å². The molecule has 22 heavy (non-hydrogen) atoms. The molecule has 1 fully saturated rings. The summed E-state index contributed by atoms with van der Waals surface area (Å²) in [7, 11) is 6.10. The van der Waals surface area contributed by atoms with E-state index in [4.69, 9.17) is 0 Å². The van der Waals surface area contributed by atoms with Gasteiger partial charge < -0.3 is 15.1 Å². The normalized spacial score (nSPS) is 18.8. The maximum absolute atomic E-state index is 14.1. The van der Waals surface area contributed by atoms with Crippen molar-refractivity contribution in [1.29, 1.82) is 0 Å². The molecule has 0 aromatic heterocycles. The second-order valence-corrected chi connectivity index (χ2v) is 6.97. The Labute approximate surface area is 134 Å². The number of piperidine rings is 1. The van der Waals surface area contributed by atoms with E-state index >= 15 is 0 Å². The Bertz CT molecular complexity index is 467. The standard InChI is InChI=1S/C18H30FN3/c1-14(16-7-9-22(4)10-8-16)20-12-15-5-6-17(13-21(2)3)18(19)11-15/h5-6,11,14,16,20H,7-10,12-13H2,1-4H3/t14-/m1/s1. The van der Waals surface area contributed by atoms with Crippen molar-refractivity contribution in [2.45, 2.75) is 38.9 Å². The topological polar surface area (TPSA) is 18.5 Å². The van der Waals surface area contributed by atoms with E-state index in [9.17, 15) is 4.39 Å². The van der Waals surface area contributed by atoms with Crippen molar-refractivity contribution >= 4 is 0 Å². The van der Waals surface area contributed by atoms with Crippen LogP contribution in [-0.4, -0.2) is 50.1 Å². The van der Waals surface area contributed by atoms with Crippen LogP contribution in [0.4, 0.5) is 4.39 Å². The maximum Gasteiger partial charge on any atom is 0.128 e. The lowest BCUT2D eigenvalue weighted by Crippen LogP contribution is -2.40. The molecule has 4 heteroatoms. The van der Waals surface area contributed by atoms with E-state index in [1.54, 1.807) is 6.07 Å². The van der Waals surface area contributed by atoms with E-state index in [0.29, 0.717) is 12.6 Å². The smallest absolute Gasteiger partial charge is 0.128 e. The highest BCUT2D eigenvalue weighted by Crippen LogP contribution is 2.20. The van der Waals surface area contributed by atoms with E-state index in [1.807, 2.05) is 31.1 Å². The van der Waals surface area contributed by atoms with Gasteiger partial charge in [0, 0.05) is 24.7 Å². The number of hydrogen-bond acceptors (Lipinski definition) is 3. The Hall–Kier alpha value is -0.970. The molecule has 2 rings (SSSR count). The number of likely N-dealkylation sites (tertiary alicyclic amines) is 1. The van der Waals surface area contributed by atoms with Gasteiger partial charge in [-0.15, -0.1) is 0 Å². The monoisotopic (exact) mass is 307 g/mol. The Morgan fingerprint density at radius 2 is 2.00 bits per heavy atom. The molecule has 1 aliphatic rings. The van der Waals surface area contributed by atoms with Crippen LogP contribution in [-0.2, 0) is 13.1 Å². The van der Waals surface area contributed by atoms with E-state index in [-0.39, 0.29) is 5.82 Å². The van der Waals surface area contributed by atoms with Gasteiger partial charge in [0.25, 0.3) is 0 Å². The molecule has 0 unspecified atom stereocenters. The summed E-state index contributed by atoms with van der Waals surface area (Å²) in [6.45, 7) is 6.01. The van der Waals surface area contributed by atoms with Gasteiger partial charge in [-0.2, -0.15) is 0 Å². The van der Waals surface area contributed by atoms with E-state index in [1.165, 1.54) is 25.9 Å². The second-order valence-electron chi connectivity index (χ2n) is 6.97. The highest BCUT2D eigenvalue weighted by molar-refractivity contribution is 5.24. The zero-order chi connectivity index (χ0) is 16.1. The Kier molecular flexibility index (Phi) is 6.36. The molecule has 1 N–H and O–H groups in total. The summed E-state index contributed by atoms with van der Waals surface area (Å²) in [6.07, 6.45) is 2.50. The summed E-state index contributed by atoms with van der Waals surface area (Å²) in [4.78, 5) is 4.38. The van der Waals surface area contributed by atoms with Gasteiger partial charge in [-0.05, 0) is 71.5 Å². The minimum atomic E-state index is -0.0973. The number of nitrogens with one attached hydrogen (secondary N) is 1. The quantitative estimate of drug-likeness (QED) is 0.872. The van der Waals surface area contributed by atoms with Crippen molar-refractivity contribution in [2.75, 3.05) is 34.2 Å². The number of hydrogen-bond donors (Lipinski definition) is 1. The van der Waals surface area contributed by atoms with E-state index < -0.39 is 0 Å². The van der Waals surface area contributed by atoms with Gasteiger partial charge in [0.1, 0.15) is 5.82 Å². The van der Waals surface area contributed by atoms with E-state index in [0.717, 1.165) is 23.6 Å². The van der Waals surface area contributed by atoms with Crippen LogP contribution in [0.5, 0.6) is 0 Å². The molecule has 1 heterocycles. The Morgan fingerprint density at radius 1 is 1.32 bits per heavy atom. The molecule has 3 nitrogen and oxygen atoms in total. The van der Waals surface area contributed by atoms with Gasteiger partial charge in [0.2, 0.25) is 0 Å². The van der Waals surface area contributed by atoms with Gasteiger partial charge in [0.05, 0.1) is 0 Å². The third-order valence-electron chi connectivity index (χ3n) is 4.70. The molecule has 1 saturated heterocycles. The fourth-order valence-electron chi connectivity index (χ4n) is 3.14. The molecule has 0 spiro atoms. The van der Waals surface area contributed by atoms with Crippen LogP contribution >= 0.6 is 0 Å². The van der Waals surface area contributed by atoms with Crippen molar-refractivity contribution in [2.24, 2.45) is 5.92 Å². The fraction of sp³-hybridized carbons (Fsp3) is 0.667. The molecule has 0 aliphatic carbocycles. The summed E-state index contributed by atoms with van der Waals surface area (Å²) in [5.41, 5.74) is 1.79. The van der Waals surface area contributed by atoms with E-state index in [2.05, 4.69) is 24.2 Å². The fourth-order valence-corrected chi connectivity index (χ4v) is 3.14. The maximum atomic E-state index is 14.1. The lowest BCUT2D eigenvalue weighted by atomic mass is 9.90. The molecule has 1 atom stereocenters. The number of benzene rings is 1. The largest absolute Gasteiger partial charge is 0.310 e. The predicted octanol–water partition coefficient (Wildman–Crippen LogP) is 2.71. The summed E-state index contributed by atoms with van der Waals surface area (Å²) < 4.78 is 14.1. The van der Waals surface area contributed by atoms with Crippen molar-refractivity contribution in [1.82, 2.24) is 15.1 Å². The SMILES string of the molecule is C[C@@H](NCc1ccc(CN(C)C)c(F)c1)C1CCN(C)CC1. The average molecular weight is 307 g/mol. The molecule has 1 aromatic rings. The second kappa shape index (κ2) is 8.04. The molecule has 1 aromatic carbocycles. The highest BCUT2D eigenvalue weighted by atomic mass is 19.1. The van der Waals surface area contributed by atoms with Gasteiger partial charge in [-0.3, -0.25) is 0 Å². The first kappa shape index (κ1) is 17.4. The summed E-state index contributed by atoms with van der Waals surface area (Å²) >= 11 is 0. The first-order valence-corrected chi connectivity index (χ1v) is 8.29. The molecule has 0 bridgehead atoms. The zero-order valence-corrected chi connectivity index (χ0v) is 14.4. The van der Waals surface area contributed by atoms with Crippen LogP contribution in [0.2, 0.25) is 0 Å². The molecule has 0 saturated carbocycles. The van der Waals surface area contributed by atoms with Gasteiger partial charge >= 0.3 is 0 Å². The molecular formula is C18H30FN3. The lowest BCUT2D eigenvalue weighted by Gasteiger charge is -2.33. The first-order valence-electron chi connectivity index (χ1n) is 8.29. The van der Waals surface area contributed by atoms with Crippen molar-refractivity contribution in [3.63, 3.8) is 0 Å². The lowest BCUT2D eigenvalue weighted by molar-refractivity contribution is 0.189. The minimum absolute atomic E-state index is 0.0973. The summed E-state index contributed by atoms with van der Waals surface area (Å²) in [5, 5.41) is 3.58. The highest BCUT2D eigenvalue weighted by Gasteiger charge is 2.21. The third-order valence-corrected chi connectivity index (χ3v) is 4.70. The number of halogens is 1. The van der Waals surface area contributed by atoms with Crippen LogP contribution in [0.1, 0.15) is 30.9 Å². The number of nitrogens with zero attached hydrogens (tertiary/aromatic N) is 2. The van der Waals surface area contributed by atoms with Crippen LogP contribution in [0.25, 0.3) is 0 Å². The van der Waals surface area contributed by atoms with Crippen LogP contribution in [0.15, 0.2) is 18.2 Å². The van der Waals surface area contributed by atoms with Crippen molar-refractivity contribution < 1.29 is 4.39 Å². The molecule has 124 valence electrons.